The third-order valence-electron chi connectivity index (χ3n) is 0. The molecule has 0 unspecified atom stereocenters. The number of hydrogen-bond donors (Lipinski definition) is 3. The van der Waals surface area contributed by atoms with Crippen LogP contribution in [0.1, 0.15) is 0 Å². The molecule has 0 aliphatic heterocycles. The van der Waals surface area contributed by atoms with Gasteiger partial charge in [-0.05, 0) is 0 Å². The molecule has 8 heteroatoms. The Bertz CT molecular complexity index is 62.2. The van der Waals surface area contributed by atoms with Gasteiger partial charge >= 0.3 is 114 Å². The summed E-state index contributed by atoms with van der Waals surface area (Å²) in [5, 5.41) is 0. The standard InChI is InChI=1S/K.Na.Nb.3H2O.O.Sb.2H/h;;;3*1H2;;;;/q;;;;;;;+3;;/p-3. The van der Waals surface area contributed by atoms with Crippen LogP contribution >= 0.6 is 0 Å². The van der Waals surface area contributed by atoms with Gasteiger partial charge in [0.2, 0.25) is 0 Å². The van der Waals surface area contributed by atoms with Crippen molar-refractivity contribution in [3.05, 3.63) is 0 Å². The number of rotatable bonds is 0. The fourth-order valence-electron chi connectivity index (χ4n) is 0. The van der Waals surface area contributed by atoms with Crippen molar-refractivity contribution in [1.82, 2.24) is 0 Å². The molecule has 0 fully saturated rings. The first-order valence-corrected chi connectivity index (χ1v) is 5.25. The Morgan fingerprint density at radius 2 is 1.12 bits per heavy atom. The average Bonchev–Trinajstić information content (AvgIpc) is 0.722. The minimum atomic E-state index is -5.35. The summed E-state index contributed by atoms with van der Waals surface area (Å²) < 4.78 is 30.8. The van der Waals surface area contributed by atoms with Crippen molar-refractivity contribution >= 4 is 101 Å². The van der Waals surface area contributed by atoms with Gasteiger partial charge in [-0.2, -0.15) is 0 Å². The van der Waals surface area contributed by atoms with E-state index >= 15 is 0 Å². The summed E-state index contributed by atoms with van der Waals surface area (Å²) in [4.78, 5) is 0. The number of hydrogen-bond acceptors (Lipinski definition) is 1. The van der Waals surface area contributed by atoms with Crippen LogP contribution in [-0.4, -0.2) is 111 Å². The molecule has 0 saturated heterocycles. The fourth-order valence-corrected chi connectivity index (χ4v) is 0. The Morgan fingerprint density at radius 3 is 1.12 bits per heavy atom. The third kappa shape index (κ3) is 51.8. The Hall–Kier alpha value is 3.87. The SMILES string of the molecule is [KH].[NaH].[Nb].[O]=[Sb]([OH])([OH])[OH]. The van der Waals surface area contributed by atoms with Crippen molar-refractivity contribution < 1.29 is 35.6 Å². The molecule has 41 valence electrons. The van der Waals surface area contributed by atoms with Crippen molar-refractivity contribution in [2.75, 3.05) is 0 Å². The molecule has 0 aliphatic rings. The van der Waals surface area contributed by atoms with E-state index in [-0.39, 0.29) is 103 Å². The van der Waals surface area contributed by atoms with Gasteiger partial charge in [0.1, 0.15) is 0 Å². The van der Waals surface area contributed by atoms with Crippen LogP contribution in [0.15, 0.2) is 0 Å². The molecule has 0 atom stereocenters. The summed E-state index contributed by atoms with van der Waals surface area (Å²) >= 11 is -5.35. The first-order chi connectivity index (χ1) is 2.00. The molecular weight excluding hydrogens is 341 g/mol. The van der Waals surface area contributed by atoms with Crippen LogP contribution in [0.2, 0.25) is 0 Å². The molecule has 8 heavy (non-hydrogen) atoms. The first-order valence-electron chi connectivity index (χ1n) is 0.783. The summed E-state index contributed by atoms with van der Waals surface area (Å²) in [6.45, 7) is 0. The molecule has 4 nitrogen and oxygen atoms in total. The van der Waals surface area contributed by atoms with E-state index in [2.05, 4.69) is 0 Å². The van der Waals surface area contributed by atoms with Crippen LogP contribution in [0.3, 0.4) is 0 Å². The van der Waals surface area contributed by atoms with Gasteiger partial charge in [-0.1, -0.05) is 0 Å². The Labute approximate surface area is 133 Å². The molecule has 0 aliphatic carbocycles. The van der Waals surface area contributed by atoms with Gasteiger partial charge in [0, 0.05) is 22.4 Å². The van der Waals surface area contributed by atoms with E-state index in [0.29, 0.717) is 0 Å². The monoisotopic (exact) mass is 345 g/mol. The second-order valence-electron chi connectivity index (χ2n) is 0.513. The zero-order valence-electron chi connectivity index (χ0n) is 2.64. The molecule has 0 aromatic carbocycles. The quantitative estimate of drug-likeness (QED) is 0.399. The predicted molar refractivity (Wildman–Crippen MR) is 27.4 cm³/mol. The zero-order chi connectivity index (χ0) is 4.50. The van der Waals surface area contributed by atoms with E-state index in [1.165, 1.54) is 0 Å². The summed E-state index contributed by atoms with van der Waals surface area (Å²) in [6, 6.07) is 0. The molecule has 0 bridgehead atoms. The molecule has 0 rings (SSSR count). The maximum atomic E-state index is 8.97. The zero-order valence-corrected chi connectivity index (χ0v) is 7.40. The molecule has 3 N–H and O–H groups in total. The molecule has 0 heterocycles. The van der Waals surface area contributed by atoms with E-state index in [4.69, 9.17) is 13.2 Å². The van der Waals surface area contributed by atoms with Crippen LogP contribution < -0.4 is 0 Å². The molecule has 0 amide bonds. The molecular formula is H5KNaNbO4Sb. The van der Waals surface area contributed by atoms with Crippen LogP contribution in [-0.2, 0) is 25.4 Å². The molecule has 0 spiro atoms. The maximum absolute atomic E-state index is 8.97. The van der Waals surface area contributed by atoms with E-state index in [9.17, 15) is 0 Å². The van der Waals surface area contributed by atoms with Crippen LogP contribution in [0.5, 0.6) is 0 Å². The van der Waals surface area contributed by atoms with Gasteiger partial charge < -0.3 is 0 Å². The molecule has 0 aromatic rings. The predicted octanol–water partition coefficient (Wildman–Crippen LogP) is -3.47. The van der Waals surface area contributed by atoms with Crippen molar-refractivity contribution in [1.29, 1.82) is 0 Å². The van der Waals surface area contributed by atoms with Crippen molar-refractivity contribution in [2.45, 2.75) is 0 Å². The third-order valence-corrected chi connectivity index (χ3v) is 0. The van der Waals surface area contributed by atoms with Crippen molar-refractivity contribution in [3.63, 3.8) is 0 Å². The molecule has 0 saturated carbocycles. The Balaban J connectivity index is -0.0000000267. The Kier molecular flexibility index (Phi) is 30.8. The summed E-state index contributed by atoms with van der Waals surface area (Å²) in [6.07, 6.45) is 0. The minimum absolute atomic E-state index is 0. The summed E-state index contributed by atoms with van der Waals surface area (Å²) in [7, 11) is 0. The van der Waals surface area contributed by atoms with Crippen molar-refractivity contribution in [3.8, 4) is 0 Å². The normalized spacial score (nSPS) is 7.38. The topological polar surface area (TPSA) is 77.8 Å². The van der Waals surface area contributed by atoms with E-state index in [0.717, 1.165) is 0 Å². The van der Waals surface area contributed by atoms with E-state index in [1.54, 1.807) is 0 Å². The molecule has 0 aromatic heterocycles. The summed E-state index contributed by atoms with van der Waals surface area (Å²) in [5.74, 6) is 0. The second kappa shape index (κ2) is 10.9. The van der Waals surface area contributed by atoms with E-state index < -0.39 is 20.1 Å². The van der Waals surface area contributed by atoms with Crippen molar-refractivity contribution in [2.24, 2.45) is 0 Å². The molecule has 1 radical (unpaired) electrons. The van der Waals surface area contributed by atoms with Gasteiger partial charge in [0.05, 0.1) is 0 Å². The van der Waals surface area contributed by atoms with E-state index in [1.807, 2.05) is 0 Å². The van der Waals surface area contributed by atoms with Gasteiger partial charge in [-0.25, -0.2) is 0 Å². The van der Waals surface area contributed by atoms with Gasteiger partial charge in [0.25, 0.3) is 0 Å². The second-order valence-corrected chi connectivity index (χ2v) is 3.44. The van der Waals surface area contributed by atoms with Gasteiger partial charge in [0.15, 0.2) is 0 Å². The van der Waals surface area contributed by atoms with Crippen LogP contribution in [0.4, 0.5) is 0 Å². The van der Waals surface area contributed by atoms with Gasteiger partial charge in [-0.15, -0.1) is 0 Å². The fraction of sp³-hybridized carbons (Fsp3) is 0. The van der Waals surface area contributed by atoms with Crippen LogP contribution in [0.25, 0.3) is 0 Å². The Morgan fingerprint density at radius 1 is 1.12 bits per heavy atom. The summed E-state index contributed by atoms with van der Waals surface area (Å²) in [5.41, 5.74) is 0. The average molecular weight is 346 g/mol. The van der Waals surface area contributed by atoms with Gasteiger partial charge in [-0.3, -0.25) is 0 Å². The first kappa shape index (κ1) is 22.6. The van der Waals surface area contributed by atoms with Crippen LogP contribution in [0, 0.1) is 0 Å².